The number of H-pyrrole nitrogens is 1. The molecule has 1 aromatic heterocycles. The van der Waals surface area contributed by atoms with Crippen molar-refractivity contribution in [2.45, 2.75) is 50.2 Å². The van der Waals surface area contributed by atoms with Gasteiger partial charge in [0, 0.05) is 23.4 Å². The van der Waals surface area contributed by atoms with Crippen LogP contribution in [-0.2, 0) is 0 Å². The molecule has 1 aliphatic carbocycles. The predicted octanol–water partition coefficient (Wildman–Crippen LogP) is 5.05. The van der Waals surface area contributed by atoms with E-state index in [9.17, 15) is 9.18 Å². The molecule has 1 spiro atoms. The smallest absolute Gasteiger partial charge is 0.319 e. The second-order valence-electron chi connectivity index (χ2n) is 8.02. The molecule has 1 fully saturated rings. The van der Waals surface area contributed by atoms with Crippen molar-refractivity contribution in [2.24, 2.45) is 0 Å². The van der Waals surface area contributed by atoms with E-state index in [1.54, 1.807) is 12.3 Å². The molecule has 0 bridgehead atoms. The van der Waals surface area contributed by atoms with Gasteiger partial charge in [-0.15, -0.1) is 0 Å². The Labute approximate surface area is 167 Å². The first-order chi connectivity index (χ1) is 14.1. The molecule has 29 heavy (non-hydrogen) atoms. The average molecular weight is 394 g/mol. The van der Waals surface area contributed by atoms with Gasteiger partial charge in [-0.25, -0.2) is 9.18 Å². The second kappa shape index (κ2) is 7.06. The SMILES string of the molecule is O=C(Nc1cccc2[nH]ncc12)NC1CC2(CCCCC2)Oc2cc(F)ccc21. The van der Waals surface area contributed by atoms with Gasteiger partial charge >= 0.3 is 6.03 Å². The lowest BCUT2D eigenvalue weighted by Crippen LogP contribution is -2.47. The Kier molecular flexibility index (Phi) is 4.38. The van der Waals surface area contributed by atoms with Gasteiger partial charge in [0.1, 0.15) is 17.2 Å². The Morgan fingerprint density at radius 3 is 2.93 bits per heavy atom. The number of urea groups is 1. The molecule has 3 N–H and O–H groups in total. The molecule has 2 aliphatic rings. The van der Waals surface area contributed by atoms with Crippen molar-refractivity contribution in [1.29, 1.82) is 0 Å². The van der Waals surface area contributed by atoms with Gasteiger partial charge < -0.3 is 15.4 Å². The van der Waals surface area contributed by atoms with E-state index in [4.69, 9.17) is 4.74 Å². The van der Waals surface area contributed by atoms with Crippen LogP contribution in [0, 0.1) is 5.82 Å². The normalized spacial score (nSPS) is 20.1. The Balaban J connectivity index is 1.40. The third-order valence-electron chi connectivity index (χ3n) is 6.06. The van der Waals surface area contributed by atoms with Crippen LogP contribution in [0.2, 0.25) is 0 Å². The number of aromatic amines is 1. The Bertz CT molecular complexity index is 1060. The highest BCUT2D eigenvalue weighted by Gasteiger charge is 2.42. The van der Waals surface area contributed by atoms with Crippen molar-refractivity contribution >= 4 is 22.6 Å². The predicted molar refractivity (Wildman–Crippen MR) is 108 cm³/mol. The summed E-state index contributed by atoms with van der Waals surface area (Å²) >= 11 is 0. The third kappa shape index (κ3) is 3.41. The van der Waals surface area contributed by atoms with E-state index in [0.29, 0.717) is 17.9 Å². The van der Waals surface area contributed by atoms with Crippen LogP contribution in [0.3, 0.4) is 0 Å². The Morgan fingerprint density at radius 1 is 1.21 bits per heavy atom. The molecule has 0 radical (unpaired) electrons. The van der Waals surface area contributed by atoms with E-state index >= 15 is 0 Å². The molecule has 6 nitrogen and oxygen atoms in total. The molecule has 1 aliphatic heterocycles. The molecular formula is C22H23FN4O2. The van der Waals surface area contributed by atoms with Gasteiger partial charge in [0.05, 0.1) is 23.4 Å². The summed E-state index contributed by atoms with van der Waals surface area (Å²) in [5.41, 5.74) is 2.03. The monoisotopic (exact) mass is 394 g/mol. The van der Waals surface area contributed by atoms with E-state index in [2.05, 4.69) is 20.8 Å². The van der Waals surface area contributed by atoms with Crippen molar-refractivity contribution in [2.75, 3.05) is 5.32 Å². The summed E-state index contributed by atoms with van der Waals surface area (Å²) in [5, 5.41) is 13.8. The molecule has 1 saturated carbocycles. The molecule has 3 aromatic rings. The van der Waals surface area contributed by atoms with E-state index in [1.165, 1.54) is 18.6 Å². The van der Waals surface area contributed by atoms with Crippen molar-refractivity contribution in [3.8, 4) is 5.75 Å². The minimum absolute atomic E-state index is 0.235. The van der Waals surface area contributed by atoms with E-state index in [0.717, 1.165) is 42.1 Å². The molecular weight excluding hydrogens is 371 g/mol. The molecule has 2 aromatic carbocycles. The number of rotatable bonds is 2. The van der Waals surface area contributed by atoms with Gasteiger partial charge in [0.25, 0.3) is 0 Å². The lowest BCUT2D eigenvalue weighted by molar-refractivity contribution is -0.00128. The van der Waals surface area contributed by atoms with Gasteiger partial charge in [-0.1, -0.05) is 18.6 Å². The maximum Gasteiger partial charge on any atom is 0.319 e. The highest BCUT2D eigenvalue weighted by Crippen LogP contribution is 2.46. The number of amides is 2. The summed E-state index contributed by atoms with van der Waals surface area (Å²) in [6, 6.07) is 9.63. The largest absolute Gasteiger partial charge is 0.487 e. The summed E-state index contributed by atoms with van der Waals surface area (Å²) < 4.78 is 20.2. The van der Waals surface area contributed by atoms with Crippen LogP contribution in [0.4, 0.5) is 14.9 Å². The van der Waals surface area contributed by atoms with Crippen LogP contribution in [0.15, 0.2) is 42.6 Å². The summed E-state index contributed by atoms with van der Waals surface area (Å²) in [4.78, 5) is 12.8. The molecule has 2 heterocycles. The first kappa shape index (κ1) is 18.0. The quantitative estimate of drug-likeness (QED) is 0.569. The van der Waals surface area contributed by atoms with Gasteiger partial charge in [0.15, 0.2) is 0 Å². The van der Waals surface area contributed by atoms with E-state index in [-0.39, 0.29) is 23.5 Å². The highest BCUT2D eigenvalue weighted by molar-refractivity contribution is 6.00. The van der Waals surface area contributed by atoms with Crippen LogP contribution < -0.4 is 15.4 Å². The number of halogens is 1. The molecule has 5 rings (SSSR count). The number of fused-ring (bicyclic) bond motifs is 2. The molecule has 1 atom stereocenters. The Hall–Kier alpha value is -3.09. The number of nitrogens with zero attached hydrogens (tertiary/aromatic N) is 1. The average Bonchev–Trinajstić information content (AvgIpc) is 3.18. The summed E-state index contributed by atoms with van der Waals surface area (Å²) in [6.07, 6.45) is 7.60. The maximum absolute atomic E-state index is 13.9. The molecule has 150 valence electrons. The van der Waals surface area contributed by atoms with E-state index < -0.39 is 0 Å². The third-order valence-corrected chi connectivity index (χ3v) is 6.06. The first-order valence-corrected chi connectivity index (χ1v) is 10.1. The zero-order valence-corrected chi connectivity index (χ0v) is 16.0. The number of hydrogen-bond donors (Lipinski definition) is 3. The van der Waals surface area contributed by atoms with Crippen molar-refractivity contribution in [1.82, 2.24) is 15.5 Å². The number of benzene rings is 2. The maximum atomic E-state index is 13.9. The van der Waals surface area contributed by atoms with Gasteiger partial charge in [0.2, 0.25) is 0 Å². The van der Waals surface area contributed by atoms with Crippen LogP contribution >= 0.6 is 0 Å². The van der Waals surface area contributed by atoms with Crippen LogP contribution in [-0.4, -0.2) is 21.8 Å². The number of carbonyl (C=O) groups is 1. The van der Waals surface area contributed by atoms with Crippen molar-refractivity contribution in [3.05, 3.63) is 54.0 Å². The standard InChI is InChI=1S/C22H23FN4O2/c23-14-7-8-15-19(12-22(29-20(15)11-14)9-2-1-3-10-22)26-21(28)25-17-5-4-6-18-16(17)13-24-27-18/h4-8,11,13,19H,1-3,9-10,12H2,(H,24,27)(H2,25,26,28). The lowest BCUT2D eigenvalue weighted by Gasteiger charge is -2.44. The first-order valence-electron chi connectivity index (χ1n) is 10.1. The van der Waals surface area contributed by atoms with Gasteiger partial charge in [-0.2, -0.15) is 5.10 Å². The lowest BCUT2D eigenvalue weighted by atomic mass is 9.77. The van der Waals surface area contributed by atoms with Gasteiger partial charge in [-0.05, 0) is 43.9 Å². The number of anilines is 1. The fourth-order valence-corrected chi connectivity index (χ4v) is 4.67. The van der Waals surface area contributed by atoms with Gasteiger partial charge in [-0.3, -0.25) is 5.10 Å². The van der Waals surface area contributed by atoms with Crippen molar-refractivity contribution < 1.29 is 13.9 Å². The summed E-state index contributed by atoms with van der Waals surface area (Å²) in [7, 11) is 0. The number of carbonyl (C=O) groups excluding carboxylic acids is 1. The number of hydrogen-bond acceptors (Lipinski definition) is 3. The van der Waals surface area contributed by atoms with E-state index in [1.807, 2.05) is 18.2 Å². The molecule has 1 unspecified atom stereocenters. The minimum Gasteiger partial charge on any atom is -0.487 e. The summed E-state index contributed by atoms with van der Waals surface area (Å²) in [5.74, 6) is 0.215. The second-order valence-corrected chi connectivity index (χ2v) is 8.02. The van der Waals surface area contributed by atoms with Crippen LogP contribution in [0.1, 0.15) is 50.1 Å². The number of nitrogens with one attached hydrogen (secondary N) is 3. The molecule has 7 heteroatoms. The molecule has 2 amide bonds. The van der Waals surface area contributed by atoms with Crippen LogP contribution in [0.5, 0.6) is 5.75 Å². The Morgan fingerprint density at radius 2 is 2.07 bits per heavy atom. The number of aromatic nitrogens is 2. The minimum atomic E-state index is -0.332. The highest BCUT2D eigenvalue weighted by atomic mass is 19.1. The fraction of sp³-hybridized carbons (Fsp3) is 0.364. The molecule has 0 saturated heterocycles. The van der Waals surface area contributed by atoms with Crippen molar-refractivity contribution in [3.63, 3.8) is 0 Å². The fourth-order valence-electron chi connectivity index (χ4n) is 4.67. The topological polar surface area (TPSA) is 79.0 Å². The zero-order chi connectivity index (χ0) is 19.8. The summed E-state index contributed by atoms with van der Waals surface area (Å²) in [6.45, 7) is 0. The van der Waals surface area contributed by atoms with Crippen LogP contribution in [0.25, 0.3) is 10.9 Å². The zero-order valence-electron chi connectivity index (χ0n) is 16.0. The number of ether oxygens (including phenoxy) is 1.